The molecule has 0 atom stereocenters. The summed E-state index contributed by atoms with van der Waals surface area (Å²) in [6, 6.07) is 6.79. The Morgan fingerprint density at radius 3 is 2.89 bits per heavy atom. The van der Waals surface area contributed by atoms with Crippen molar-refractivity contribution in [3.8, 4) is 0 Å². The van der Waals surface area contributed by atoms with Gasteiger partial charge >= 0.3 is 0 Å². The SMILES string of the molecule is Cc1cc(Br)cnc1NC(=O)c1cccc(Cl)c1N. The number of nitrogen functional groups attached to an aromatic ring is 1. The minimum atomic E-state index is -0.335. The summed E-state index contributed by atoms with van der Waals surface area (Å²) in [7, 11) is 0. The zero-order valence-corrected chi connectivity index (χ0v) is 12.4. The van der Waals surface area contributed by atoms with Gasteiger partial charge in [0.15, 0.2) is 0 Å². The maximum atomic E-state index is 12.1. The Morgan fingerprint density at radius 2 is 2.21 bits per heavy atom. The number of amides is 1. The molecule has 0 aliphatic heterocycles. The fourth-order valence-corrected chi connectivity index (χ4v) is 2.20. The molecule has 0 bridgehead atoms. The second kappa shape index (κ2) is 5.59. The molecule has 0 aliphatic rings. The first-order chi connectivity index (χ1) is 8.99. The maximum absolute atomic E-state index is 12.1. The van der Waals surface area contributed by atoms with Crippen molar-refractivity contribution in [1.82, 2.24) is 4.98 Å². The molecule has 1 aromatic heterocycles. The fraction of sp³-hybridized carbons (Fsp3) is 0.0769. The minimum Gasteiger partial charge on any atom is -0.397 e. The Morgan fingerprint density at radius 1 is 1.47 bits per heavy atom. The lowest BCUT2D eigenvalue weighted by Gasteiger charge is -2.09. The summed E-state index contributed by atoms with van der Waals surface area (Å²) >= 11 is 9.20. The number of nitrogens with zero attached hydrogens (tertiary/aromatic N) is 1. The number of hydrogen-bond donors (Lipinski definition) is 2. The van der Waals surface area contributed by atoms with Crippen LogP contribution in [0.1, 0.15) is 15.9 Å². The topological polar surface area (TPSA) is 68.0 Å². The first-order valence-electron chi connectivity index (χ1n) is 5.46. The van der Waals surface area contributed by atoms with Gasteiger partial charge in [0.25, 0.3) is 5.91 Å². The van der Waals surface area contributed by atoms with E-state index in [1.165, 1.54) is 0 Å². The van der Waals surface area contributed by atoms with Gasteiger partial charge in [-0.25, -0.2) is 4.98 Å². The largest absolute Gasteiger partial charge is 0.397 e. The van der Waals surface area contributed by atoms with Crippen LogP contribution < -0.4 is 11.1 Å². The van der Waals surface area contributed by atoms with E-state index in [9.17, 15) is 4.79 Å². The zero-order valence-electron chi connectivity index (χ0n) is 10.1. The summed E-state index contributed by atoms with van der Waals surface area (Å²) < 4.78 is 0.852. The Balaban J connectivity index is 2.28. The molecule has 0 saturated heterocycles. The molecule has 19 heavy (non-hydrogen) atoms. The number of halogens is 2. The predicted molar refractivity (Wildman–Crippen MR) is 80.5 cm³/mol. The van der Waals surface area contributed by atoms with E-state index in [0.29, 0.717) is 16.4 Å². The van der Waals surface area contributed by atoms with Crippen molar-refractivity contribution in [3.63, 3.8) is 0 Å². The summed E-state index contributed by atoms with van der Waals surface area (Å²) in [6.07, 6.45) is 1.62. The number of rotatable bonds is 2. The van der Waals surface area contributed by atoms with Crippen molar-refractivity contribution in [2.75, 3.05) is 11.1 Å². The van der Waals surface area contributed by atoms with Crippen molar-refractivity contribution in [2.24, 2.45) is 0 Å². The molecule has 1 aromatic carbocycles. The van der Waals surface area contributed by atoms with Crippen molar-refractivity contribution in [1.29, 1.82) is 0 Å². The fourth-order valence-electron chi connectivity index (χ4n) is 1.58. The summed E-state index contributed by atoms with van der Waals surface area (Å²) in [5.41, 5.74) is 7.22. The molecule has 2 rings (SSSR count). The molecule has 1 amide bonds. The second-order valence-corrected chi connectivity index (χ2v) is 5.30. The first-order valence-corrected chi connectivity index (χ1v) is 6.63. The van der Waals surface area contributed by atoms with Gasteiger partial charge in [0.1, 0.15) is 5.82 Å². The number of benzene rings is 1. The molecule has 1 heterocycles. The predicted octanol–water partition coefficient (Wildman–Crippen LogP) is 3.64. The van der Waals surface area contributed by atoms with Gasteiger partial charge < -0.3 is 11.1 Å². The highest BCUT2D eigenvalue weighted by Gasteiger charge is 2.13. The standard InChI is InChI=1S/C13H11BrClN3O/c1-7-5-8(14)6-17-12(7)18-13(19)9-3-2-4-10(15)11(9)16/h2-6H,16H2,1H3,(H,17,18,19). The number of nitrogens with one attached hydrogen (secondary N) is 1. The number of carbonyl (C=O) groups is 1. The summed E-state index contributed by atoms with van der Waals surface area (Å²) in [6.45, 7) is 1.86. The van der Waals surface area contributed by atoms with E-state index in [0.717, 1.165) is 10.0 Å². The number of pyridine rings is 1. The van der Waals surface area contributed by atoms with Gasteiger partial charge in [0, 0.05) is 10.7 Å². The summed E-state index contributed by atoms with van der Waals surface area (Å²) in [5.74, 6) is 0.158. The molecule has 0 fully saturated rings. The van der Waals surface area contributed by atoms with Gasteiger partial charge in [0.05, 0.1) is 16.3 Å². The minimum absolute atomic E-state index is 0.261. The Bertz CT molecular complexity index is 646. The van der Waals surface area contributed by atoms with Gasteiger partial charge in [0.2, 0.25) is 0 Å². The number of para-hydroxylation sites is 1. The lowest BCUT2D eigenvalue weighted by atomic mass is 10.1. The molecular weight excluding hydrogens is 330 g/mol. The maximum Gasteiger partial charge on any atom is 0.258 e. The quantitative estimate of drug-likeness (QED) is 0.820. The van der Waals surface area contributed by atoms with Crippen molar-refractivity contribution in [2.45, 2.75) is 6.92 Å². The van der Waals surface area contributed by atoms with Crippen LogP contribution in [0.3, 0.4) is 0 Å². The Labute approximate surface area is 124 Å². The van der Waals surface area contributed by atoms with Crippen LogP contribution >= 0.6 is 27.5 Å². The van der Waals surface area contributed by atoms with Crippen LogP contribution in [0, 0.1) is 6.92 Å². The second-order valence-electron chi connectivity index (χ2n) is 3.97. The smallest absolute Gasteiger partial charge is 0.258 e. The lowest BCUT2D eigenvalue weighted by Crippen LogP contribution is -2.15. The van der Waals surface area contributed by atoms with Crippen molar-refractivity contribution >= 4 is 44.9 Å². The lowest BCUT2D eigenvalue weighted by molar-refractivity contribution is 0.102. The molecule has 0 unspecified atom stereocenters. The van der Waals surface area contributed by atoms with Gasteiger partial charge in [-0.3, -0.25) is 4.79 Å². The van der Waals surface area contributed by atoms with Gasteiger partial charge in [-0.2, -0.15) is 0 Å². The number of aromatic nitrogens is 1. The molecule has 98 valence electrons. The summed E-state index contributed by atoms with van der Waals surface area (Å²) in [4.78, 5) is 16.3. The molecule has 2 aromatic rings. The van der Waals surface area contributed by atoms with Crippen LogP contribution in [0.5, 0.6) is 0 Å². The average Bonchev–Trinajstić information content (AvgIpc) is 2.36. The van der Waals surface area contributed by atoms with E-state index in [-0.39, 0.29) is 11.6 Å². The van der Waals surface area contributed by atoms with E-state index >= 15 is 0 Å². The van der Waals surface area contributed by atoms with Crippen LogP contribution in [-0.4, -0.2) is 10.9 Å². The molecule has 0 spiro atoms. The van der Waals surface area contributed by atoms with Crippen LogP contribution in [-0.2, 0) is 0 Å². The van der Waals surface area contributed by atoms with Gasteiger partial charge in [-0.15, -0.1) is 0 Å². The third kappa shape index (κ3) is 3.05. The van der Waals surface area contributed by atoms with E-state index in [4.69, 9.17) is 17.3 Å². The highest BCUT2D eigenvalue weighted by molar-refractivity contribution is 9.10. The van der Waals surface area contributed by atoms with E-state index in [1.54, 1.807) is 24.4 Å². The molecule has 0 radical (unpaired) electrons. The number of nitrogens with two attached hydrogens (primary N) is 1. The van der Waals surface area contributed by atoms with Gasteiger partial charge in [-0.05, 0) is 46.6 Å². The number of carbonyl (C=O) groups excluding carboxylic acids is 1. The van der Waals surface area contributed by atoms with Crippen LogP contribution in [0.25, 0.3) is 0 Å². The summed E-state index contributed by atoms with van der Waals surface area (Å²) in [5, 5.41) is 3.07. The number of hydrogen-bond acceptors (Lipinski definition) is 3. The Kier molecular flexibility index (Phi) is 4.07. The molecular formula is C13H11BrClN3O. The van der Waals surface area contributed by atoms with E-state index in [1.807, 2.05) is 13.0 Å². The first kappa shape index (κ1) is 13.8. The molecule has 4 nitrogen and oxygen atoms in total. The van der Waals surface area contributed by atoms with Crippen LogP contribution in [0.4, 0.5) is 11.5 Å². The van der Waals surface area contributed by atoms with Crippen molar-refractivity contribution in [3.05, 3.63) is 51.1 Å². The molecule has 0 saturated carbocycles. The van der Waals surface area contributed by atoms with Crippen LogP contribution in [0.2, 0.25) is 5.02 Å². The zero-order chi connectivity index (χ0) is 14.0. The molecule has 6 heteroatoms. The molecule has 3 N–H and O–H groups in total. The highest BCUT2D eigenvalue weighted by Crippen LogP contribution is 2.24. The highest BCUT2D eigenvalue weighted by atomic mass is 79.9. The van der Waals surface area contributed by atoms with Crippen LogP contribution in [0.15, 0.2) is 34.9 Å². The number of aryl methyl sites for hydroxylation is 1. The average molecular weight is 341 g/mol. The third-order valence-corrected chi connectivity index (χ3v) is 3.34. The van der Waals surface area contributed by atoms with Crippen molar-refractivity contribution < 1.29 is 4.79 Å². The van der Waals surface area contributed by atoms with E-state index in [2.05, 4.69) is 26.2 Å². The normalized spacial score (nSPS) is 10.3. The third-order valence-electron chi connectivity index (χ3n) is 2.57. The number of anilines is 2. The van der Waals surface area contributed by atoms with Gasteiger partial charge in [-0.1, -0.05) is 17.7 Å². The van der Waals surface area contributed by atoms with E-state index < -0.39 is 0 Å². The molecule has 0 aliphatic carbocycles. The Hall–Kier alpha value is -1.59. The monoisotopic (exact) mass is 339 g/mol.